The molecule has 1 N–H and O–H groups in total. The molecule has 2 aromatic carbocycles. The lowest BCUT2D eigenvalue weighted by Crippen LogP contribution is -2.00. The summed E-state index contributed by atoms with van der Waals surface area (Å²) in [5.41, 5.74) is 3.30. The van der Waals surface area contributed by atoms with Gasteiger partial charge in [-0.15, -0.1) is 0 Å². The molecule has 0 fully saturated rings. The minimum Gasteiger partial charge on any atom is -0.380 e. The summed E-state index contributed by atoms with van der Waals surface area (Å²) in [7, 11) is 0. The SMILES string of the molecule is Cc1ccc(Br)c(NCc2ccc([N+](=O)[O-])cc2)c1. The van der Waals surface area contributed by atoms with E-state index < -0.39 is 4.92 Å². The molecule has 2 aromatic rings. The Morgan fingerprint density at radius 3 is 2.53 bits per heavy atom. The highest BCUT2D eigenvalue weighted by molar-refractivity contribution is 9.10. The van der Waals surface area contributed by atoms with Crippen LogP contribution in [0, 0.1) is 17.0 Å². The van der Waals surface area contributed by atoms with E-state index in [9.17, 15) is 10.1 Å². The summed E-state index contributed by atoms with van der Waals surface area (Å²) in [4.78, 5) is 10.2. The number of hydrogen-bond donors (Lipinski definition) is 1. The molecule has 4 nitrogen and oxygen atoms in total. The van der Waals surface area contributed by atoms with Gasteiger partial charge in [0.15, 0.2) is 0 Å². The number of anilines is 1. The number of hydrogen-bond acceptors (Lipinski definition) is 3. The lowest BCUT2D eigenvalue weighted by atomic mass is 10.2. The van der Waals surface area contributed by atoms with Crippen molar-refractivity contribution in [3.05, 3.63) is 68.2 Å². The average molecular weight is 321 g/mol. The molecule has 0 aliphatic heterocycles. The van der Waals surface area contributed by atoms with Crippen molar-refractivity contribution in [1.29, 1.82) is 0 Å². The van der Waals surface area contributed by atoms with E-state index in [0.717, 1.165) is 15.7 Å². The second kappa shape index (κ2) is 5.84. The van der Waals surface area contributed by atoms with Crippen molar-refractivity contribution in [1.82, 2.24) is 0 Å². The Morgan fingerprint density at radius 2 is 1.89 bits per heavy atom. The first-order chi connectivity index (χ1) is 9.06. The third kappa shape index (κ3) is 3.54. The number of aryl methyl sites for hydroxylation is 1. The minimum absolute atomic E-state index is 0.112. The molecule has 0 atom stereocenters. The molecule has 0 saturated heterocycles. The van der Waals surface area contributed by atoms with Crippen LogP contribution < -0.4 is 5.32 Å². The zero-order valence-electron chi connectivity index (χ0n) is 10.4. The van der Waals surface area contributed by atoms with Gasteiger partial charge in [0.25, 0.3) is 5.69 Å². The second-order valence-electron chi connectivity index (χ2n) is 4.26. The van der Waals surface area contributed by atoms with Gasteiger partial charge in [-0.2, -0.15) is 0 Å². The Hall–Kier alpha value is -1.88. The highest BCUT2D eigenvalue weighted by atomic mass is 79.9. The number of benzene rings is 2. The first kappa shape index (κ1) is 13.5. The van der Waals surface area contributed by atoms with Crippen molar-refractivity contribution in [3.63, 3.8) is 0 Å². The van der Waals surface area contributed by atoms with E-state index in [-0.39, 0.29) is 5.69 Å². The summed E-state index contributed by atoms with van der Waals surface area (Å²) in [6, 6.07) is 12.6. The molecular weight excluding hydrogens is 308 g/mol. The van der Waals surface area contributed by atoms with E-state index in [1.165, 1.54) is 17.7 Å². The summed E-state index contributed by atoms with van der Waals surface area (Å²) >= 11 is 3.48. The van der Waals surface area contributed by atoms with Gasteiger partial charge in [0.05, 0.1) is 4.92 Å². The predicted molar refractivity (Wildman–Crippen MR) is 79.3 cm³/mol. The van der Waals surface area contributed by atoms with E-state index in [1.807, 2.05) is 19.1 Å². The third-order valence-corrected chi connectivity index (χ3v) is 3.44. The van der Waals surface area contributed by atoms with Crippen molar-refractivity contribution in [2.75, 3.05) is 5.32 Å². The molecule has 0 amide bonds. The molecule has 0 aromatic heterocycles. The minimum atomic E-state index is -0.394. The van der Waals surface area contributed by atoms with Crippen molar-refractivity contribution in [3.8, 4) is 0 Å². The highest BCUT2D eigenvalue weighted by Gasteiger charge is 2.04. The maximum atomic E-state index is 10.6. The Labute approximate surface area is 119 Å². The van der Waals surface area contributed by atoms with Crippen molar-refractivity contribution in [2.45, 2.75) is 13.5 Å². The Balaban J connectivity index is 2.06. The van der Waals surface area contributed by atoms with E-state index in [1.54, 1.807) is 12.1 Å². The van der Waals surface area contributed by atoms with Gasteiger partial charge in [-0.1, -0.05) is 18.2 Å². The smallest absolute Gasteiger partial charge is 0.269 e. The zero-order valence-corrected chi connectivity index (χ0v) is 12.0. The molecule has 0 unspecified atom stereocenters. The maximum Gasteiger partial charge on any atom is 0.269 e. The monoisotopic (exact) mass is 320 g/mol. The first-order valence-corrected chi connectivity index (χ1v) is 6.59. The fraction of sp³-hybridized carbons (Fsp3) is 0.143. The molecule has 0 heterocycles. The Kier molecular flexibility index (Phi) is 4.16. The van der Waals surface area contributed by atoms with E-state index >= 15 is 0 Å². The molecular formula is C14H13BrN2O2. The normalized spacial score (nSPS) is 10.2. The van der Waals surface area contributed by atoms with Gasteiger partial charge in [0.2, 0.25) is 0 Å². The van der Waals surface area contributed by atoms with Crippen LogP contribution in [-0.4, -0.2) is 4.92 Å². The van der Waals surface area contributed by atoms with Gasteiger partial charge < -0.3 is 5.32 Å². The Bertz CT molecular complexity index is 597. The number of nitro groups is 1. The van der Waals surface area contributed by atoms with Crippen LogP contribution in [0.5, 0.6) is 0 Å². The number of nitro benzene ring substituents is 1. The average Bonchev–Trinajstić information content (AvgIpc) is 2.40. The fourth-order valence-corrected chi connectivity index (χ4v) is 2.09. The Morgan fingerprint density at radius 1 is 1.21 bits per heavy atom. The fourth-order valence-electron chi connectivity index (χ4n) is 1.71. The van der Waals surface area contributed by atoms with Gasteiger partial charge in [0.1, 0.15) is 0 Å². The second-order valence-corrected chi connectivity index (χ2v) is 5.11. The van der Waals surface area contributed by atoms with Gasteiger partial charge >= 0.3 is 0 Å². The first-order valence-electron chi connectivity index (χ1n) is 5.79. The molecule has 0 aliphatic carbocycles. The molecule has 0 radical (unpaired) electrons. The van der Waals surface area contributed by atoms with E-state index in [4.69, 9.17) is 0 Å². The molecule has 19 heavy (non-hydrogen) atoms. The third-order valence-electron chi connectivity index (χ3n) is 2.75. The molecule has 98 valence electrons. The number of nitrogens with zero attached hydrogens (tertiary/aromatic N) is 1. The van der Waals surface area contributed by atoms with Crippen LogP contribution in [0.25, 0.3) is 0 Å². The van der Waals surface area contributed by atoms with Crippen molar-refractivity contribution < 1.29 is 4.92 Å². The number of rotatable bonds is 4. The van der Waals surface area contributed by atoms with Crippen LogP contribution >= 0.6 is 15.9 Å². The van der Waals surface area contributed by atoms with Crippen LogP contribution in [0.2, 0.25) is 0 Å². The number of halogens is 1. The van der Waals surface area contributed by atoms with Gasteiger partial charge in [-0.05, 0) is 46.1 Å². The summed E-state index contributed by atoms with van der Waals surface area (Å²) in [6.45, 7) is 2.66. The quantitative estimate of drug-likeness (QED) is 0.675. The largest absolute Gasteiger partial charge is 0.380 e. The van der Waals surface area contributed by atoms with Crippen LogP contribution in [0.15, 0.2) is 46.9 Å². The topological polar surface area (TPSA) is 55.2 Å². The van der Waals surface area contributed by atoms with Crippen LogP contribution in [0.3, 0.4) is 0 Å². The molecule has 2 rings (SSSR count). The van der Waals surface area contributed by atoms with E-state index in [2.05, 4.69) is 27.3 Å². The van der Waals surface area contributed by atoms with Gasteiger partial charge in [-0.25, -0.2) is 0 Å². The van der Waals surface area contributed by atoms with Gasteiger partial charge in [-0.3, -0.25) is 10.1 Å². The lowest BCUT2D eigenvalue weighted by Gasteiger charge is -2.09. The maximum absolute atomic E-state index is 10.6. The number of nitrogens with one attached hydrogen (secondary N) is 1. The summed E-state index contributed by atoms with van der Waals surface area (Å²) in [5.74, 6) is 0. The summed E-state index contributed by atoms with van der Waals surface area (Å²) < 4.78 is 1.00. The van der Waals surface area contributed by atoms with Crippen LogP contribution in [0.1, 0.15) is 11.1 Å². The predicted octanol–water partition coefficient (Wildman–Crippen LogP) is 4.28. The van der Waals surface area contributed by atoms with Crippen LogP contribution in [-0.2, 0) is 6.54 Å². The molecule has 0 aliphatic rings. The summed E-state index contributed by atoms with van der Waals surface area (Å²) in [6.07, 6.45) is 0. The van der Waals surface area contributed by atoms with Gasteiger partial charge in [0, 0.05) is 28.8 Å². The summed E-state index contributed by atoms with van der Waals surface area (Å²) in [5, 5.41) is 13.9. The molecule has 0 spiro atoms. The zero-order chi connectivity index (χ0) is 13.8. The van der Waals surface area contributed by atoms with Crippen molar-refractivity contribution in [2.24, 2.45) is 0 Å². The molecule has 0 saturated carbocycles. The van der Waals surface area contributed by atoms with Crippen LogP contribution in [0.4, 0.5) is 11.4 Å². The number of non-ortho nitro benzene ring substituents is 1. The standard InChI is InChI=1S/C14H13BrN2O2/c1-10-2-7-13(15)14(8-10)16-9-11-3-5-12(6-4-11)17(18)19/h2-8,16H,9H2,1H3. The van der Waals surface area contributed by atoms with E-state index in [0.29, 0.717) is 6.54 Å². The molecule has 5 heteroatoms. The van der Waals surface area contributed by atoms with Crippen molar-refractivity contribution >= 4 is 27.3 Å². The molecule has 0 bridgehead atoms. The lowest BCUT2D eigenvalue weighted by molar-refractivity contribution is -0.384. The highest BCUT2D eigenvalue weighted by Crippen LogP contribution is 2.24.